The highest BCUT2D eigenvalue weighted by molar-refractivity contribution is 5.71. The van der Waals surface area contributed by atoms with E-state index in [2.05, 4.69) is 32.6 Å². The van der Waals surface area contributed by atoms with E-state index < -0.39 is 24.3 Å². The van der Waals surface area contributed by atoms with Crippen LogP contribution in [0.25, 0.3) is 0 Å². The van der Waals surface area contributed by atoms with Gasteiger partial charge in [-0.2, -0.15) is 0 Å². The Kier molecular flexibility index (Phi) is 43.0. The van der Waals surface area contributed by atoms with Crippen molar-refractivity contribution in [3.05, 3.63) is 24.8 Å². The van der Waals surface area contributed by atoms with Gasteiger partial charge in [-0.1, -0.05) is 167 Å². The van der Waals surface area contributed by atoms with Crippen molar-refractivity contribution in [1.82, 2.24) is 4.90 Å². The lowest BCUT2D eigenvalue weighted by Crippen LogP contribution is -2.31. The van der Waals surface area contributed by atoms with Gasteiger partial charge in [0.25, 0.3) is 0 Å². The molecule has 10 nitrogen and oxygen atoms in total. The number of allylic oxidation sites excluding steroid dienone is 3. The molecule has 0 amide bonds. The highest BCUT2D eigenvalue weighted by atomic mass is 16.7. The average Bonchev–Trinajstić information content (AvgIpc) is 3.24. The van der Waals surface area contributed by atoms with Gasteiger partial charge in [0, 0.05) is 25.8 Å². The van der Waals surface area contributed by atoms with Crippen LogP contribution in [0.4, 0.5) is 4.79 Å². The number of rotatable bonds is 45. The Balaban J connectivity index is 5.01. The molecular weight excluding hydrogens is 771 g/mol. The summed E-state index contributed by atoms with van der Waals surface area (Å²) >= 11 is 0. The summed E-state index contributed by atoms with van der Waals surface area (Å²) in [5.74, 6) is -1.25. The predicted molar refractivity (Wildman–Crippen MR) is 250 cm³/mol. The van der Waals surface area contributed by atoms with Crippen LogP contribution < -0.4 is 0 Å². The van der Waals surface area contributed by atoms with Crippen molar-refractivity contribution in [2.75, 3.05) is 40.5 Å². The van der Waals surface area contributed by atoms with Crippen molar-refractivity contribution in [2.24, 2.45) is 0 Å². The van der Waals surface area contributed by atoms with E-state index in [0.29, 0.717) is 19.3 Å². The number of hydrogen-bond donors (Lipinski definition) is 0. The molecule has 0 fully saturated rings. The van der Waals surface area contributed by atoms with Gasteiger partial charge in [0.15, 0.2) is 6.10 Å². The summed E-state index contributed by atoms with van der Waals surface area (Å²) in [5.41, 5.74) is 0. The standard InChI is InChI=1S/C51H93NO9/c1-6-9-12-15-18-20-22-23-24-25-26-28-30-33-37-46(61-51(56)57-43-36-42-52(4)5)40-41-50(55)60-47(44-58-48(53)38-34-31-17-14-11-8-3)45-59-49(54)39-35-32-29-27-21-19-16-13-10-7-2/h7,13,16,46-47H,2,6,8-12,14-15,17-45H2,1,3-5H3/b16-13-. The highest BCUT2D eigenvalue weighted by Gasteiger charge is 2.22. The quantitative estimate of drug-likeness (QED) is 0.0253. The fourth-order valence-electron chi connectivity index (χ4n) is 7.11. The molecule has 356 valence electrons. The molecule has 0 aliphatic rings. The van der Waals surface area contributed by atoms with Crippen molar-refractivity contribution in [3.63, 3.8) is 0 Å². The van der Waals surface area contributed by atoms with Gasteiger partial charge in [-0.15, -0.1) is 6.58 Å². The van der Waals surface area contributed by atoms with Gasteiger partial charge in [-0.25, -0.2) is 4.79 Å². The van der Waals surface area contributed by atoms with Crippen molar-refractivity contribution >= 4 is 24.1 Å². The first-order valence-electron chi connectivity index (χ1n) is 25.0. The predicted octanol–water partition coefficient (Wildman–Crippen LogP) is 13.7. The van der Waals surface area contributed by atoms with Crippen LogP contribution in [-0.2, 0) is 38.1 Å². The summed E-state index contributed by atoms with van der Waals surface area (Å²) in [6, 6.07) is 0. The fourth-order valence-corrected chi connectivity index (χ4v) is 7.11. The minimum atomic E-state index is -0.925. The maximum atomic E-state index is 13.2. The Bertz CT molecular complexity index is 1080. The molecule has 2 atom stereocenters. The van der Waals surface area contributed by atoms with E-state index in [1.807, 2.05) is 25.1 Å². The lowest BCUT2D eigenvalue weighted by Gasteiger charge is -2.20. The van der Waals surface area contributed by atoms with Crippen molar-refractivity contribution in [2.45, 2.75) is 238 Å². The first-order valence-corrected chi connectivity index (χ1v) is 25.0. The number of unbranched alkanes of at least 4 members (excludes halogenated alkanes) is 23. The van der Waals surface area contributed by atoms with Crippen LogP contribution in [-0.4, -0.2) is 81.6 Å². The molecule has 61 heavy (non-hydrogen) atoms. The van der Waals surface area contributed by atoms with E-state index in [1.54, 1.807) is 0 Å². The first kappa shape index (κ1) is 58.1. The van der Waals surface area contributed by atoms with E-state index >= 15 is 0 Å². The maximum Gasteiger partial charge on any atom is 0.508 e. The lowest BCUT2D eigenvalue weighted by molar-refractivity contribution is -0.167. The SMILES string of the molecule is C=CC/C=C\CCCCCCCC(=O)OCC(COC(=O)CCCCCCCC)OC(=O)CCC(CCCCCCCCCCCCCCCC)OC(=O)OCCCN(C)C. The lowest BCUT2D eigenvalue weighted by atomic mass is 10.0. The Morgan fingerprint density at radius 2 is 0.967 bits per heavy atom. The van der Waals surface area contributed by atoms with Crippen LogP contribution >= 0.6 is 0 Å². The van der Waals surface area contributed by atoms with Crippen LogP contribution in [0.15, 0.2) is 24.8 Å². The van der Waals surface area contributed by atoms with E-state index in [4.69, 9.17) is 23.7 Å². The Hall–Kier alpha value is -2.88. The molecule has 0 bridgehead atoms. The van der Waals surface area contributed by atoms with E-state index in [0.717, 1.165) is 96.4 Å². The molecule has 0 aromatic heterocycles. The van der Waals surface area contributed by atoms with Gasteiger partial charge in [-0.05, 0) is 71.9 Å². The van der Waals surface area contributed by atoms with Crippen LogP contribution in [0.1, 0.15) is 226 Å². The van der Waals surface area contributed by atoms with Crippen LogP contribution in [0.2, 0.25) is 0 Å². The molecule has 0 saturated heterocycles. The second-order valence-corrected chi connectivity index (χ2v) is 17.2. The van der Waals surface area contributed by atoms with Gasteiger partial charge in [0.05, 0.1) is 6.61 Å². The molecule has 0 saturated carbocycles. The second kappa shape index (κ2) is 45.2. The molecule has 0 N–H and O–H groups in total. The number of carbonyl (C=O) groups excluding carboxylic acids is 4. The third kappa shape index (κ3) is 43.6. The molecule has 10 heteroatoms. The summed E-state index contributed by atoms with van der Waals surface area (Å²) in [6.45, 7) is 8.83. The Morgan fingerprint density at radius 1 is 0.492 bits per heavy atom. The average molecular weight is 864 g/mol. The summed E-state index contributed by atoms with van der Waals surface area (Å²) in [6.07, 6.45) is 37.0. The minimum Gasteiger partial charge on any atom is -0.462 e. The Morgan fingerprint density at radius 3 is 1.46 bits per heavy atom. The zero-order chi connectivity index (χ0) is 44.9. The van der Waals surface area contributed by atoms with Crippen LogP contribution in [0.5, 0.6) is 0 Å². The third-order valence-corrected chi connectivity index (χ3v) is 10.9. The molecule has 0 heterocycles. The third-order valence-electron chi connectivity index (χ3n) is 10.9. The second-order valence-electron chi connectivity index (χ2n) is 17.2. The monoisotopic (exact) mass is 864 g/mol. The summed E-state index contributed by atoms with van der Waals surface area (Å²) in [5, 5.41) is 0. The highest BCUT2D eigenvalue weighted by Crippen LogP contribution is 2.18. The van der Waals surface area contributed by atoms with E-state index in [9.17, 15) is 19.2 Å². The largest absolute Gasteiger partial charge is 0.508 e. The molecule has 0 aromatic carbocycles. The van der Waals surface area contributed by atoms with Crippen LogP contribution in [0.3, 0.4) is 0 Å². The summed E-state index contributed by atoms with van der Waals surface area (Å²) < 4.78 is 27.8. The molecule has 0 radical (unpaired) electrons. The van der Waals surface area contributed by atoms with E-state index in [1.165, 1.54) is 83.5 Å². The molecule has 0 aromatic rings. The summed E-state index contributed by atoms with van der Waals surface area (Å²) in [7, 11) is 3.93. The minimum absolute atomic E-state index is 0.00260. The Labute approximate surface area is 374 Å². The first-order chi connectivity index (χ1) is 29.7. The van der Waals surface area contributed by atoms with Gasteiger partial charge in [0.2, 0.25) is 0 Å². The fraction of sp³-hybridized carbons (Fsp3) is 0.843. The zero-order valence-corrected chi connectivity index (χ0v) is 39.9. The molecule has 0 aliphatic heterocycles. The number of nitrogens with zero attached hydrogens (tertiary/aromatic N) is 1. The van der Waals surface area contributed by atoms with Crippen molar-refractivity contribution in [1.29, 1.82) is 0 Å². The van der Waals surface area contributed by atoms with Gasteiger partial charge in [0.1, 0.15) is 19.3 Å². The maximum absolute atomic E-state index is 13.2. The van der Waals surface area contributed by atoms with Crippen molar-refractivity contribution < 1.29 is 42.9 Å². The van der Waals surface area contributed by atoms with Crippen molar-refractivity contribution in [3.8, 4) is 0 Å². The normalized spacial score (nSPS) is 12.3. The smallest absolute Gasteiger partial charge is 0.462 e. The van der Waals surface area contributed by atoms with Gasteiger partial charge in [-0.3, -0.25) is 14.4 Å². The molecule has 0 spiro atoms. The number of ether oxygens (including phenoxy) is 5. The topological polar surface area (TPSA) is 118 Å². The zero-order valence-electron chi connectivity index (χ0n) is 39.9. The molecule has 0 rings (SSSR count). The van der Waals surface area contributed by atoms with Crippen LogP contribution in [0, 0.1) is 0 Å². The van der Waals surface area contributed by atoms with Gasteiger partial charge >= 0.3 is 24.1 Å². The molecule has 0 aliphatic carbocycles. The van der Waals surface area contributed by atoms with E-state index in [-0.39, 0.29) is 51.0 Å². The molecular formula is C51H93NO9. The van der Waals surface area contributed by atoms with Gasteiger partial charge < -0.3 is 28.6 Å². The molecule has 2 unspecified atom stereocenters. The number of carbonyl (C=O) groups is 4. The number of esters is 3. The number of hydrogen-bond acceptors (Lipinski definition) is 10. The summed E-state index contributed by atoms with van der Waals surface area (Å²) in [4.78, 5) is 53.0.